The summed E-state index contributed by atoms with van der Waals surface area (Å²) in [5.41, 5.74) is 1.01. The van der Waals surface area contributed by atoms with Gasteiger partial charge < -0.3 is 10.1 Å². The van der Waals surface area contributed by atoms with E-state index in [9.17, 15) is 4.79 Å². The maximum atomic E-state index is 11.5. The summed E-state index contributed by atoms with van der Waals surface area (Å²) in [4.78, 5) is 11.5. The number of carbonyl (C=O) groups is 1. The quantitative estimate of drug-likeness (QED) is 0.447. The zero-order valence-corrected chi connectivity index (χ0v) is 10.2. The summed E-state index contributed by atoms with van der Waals surface area (Å²) in [5.74, 6) is 0.418. The predicted molar refractivity (Wildman–Crippen MR) is 69.9 cm³/mol. The highest BCUT2D eigenvalue weighted by Crippen LogP contribution is 2.13. The van der Waals surface area contributed by atoms with Gasteiger partial charge in [-0.2, -0.15) is 0 Å². The van der Waals surface area contributed by atoms with E-state index in [1.807, 2.05) is 19.2 Å². The lowest BCUT2D eigenvalue weighted by atomic mass is 10.2. The van der Waals surface area contributed by atoms with Crippen LogP contribution in [0, 0.1) is 0 Å². The monoisotopic (exact) mass is 233 g/mol. The Morgan fingerprint density at radius 3 is 2.65 bits per heavy atom. The number of nitrogens with one attached hydrogen (secondary N) is 1. The Bertz CT molecular complexity index is 357. The van der Waals surface area contributed by atoms with Crippen LogP contribution in [0.1, 0.15) is 24.8 Å². The number of unbranched alkanes of at least 4 members (excludes halogenated alkanes) is 1. The van der Waals surface area contributed by atoms with E-state index in [1.54, 1.807) is 18.2 Å². The Balaban J connectivity index is 2.32. The topological polar surface area (TPSA) is 38.3 Å². The maximum absolute atomic E-state index is 11.5. The second-order valence-electron chi connectivity index (χ2n) is 3.81. The molecule has 1 N–H and O–H groups in total. The minimum atomic E-state index is -0.174. The van der Waals surface area contributed by atoms with Crippen LogP contribution >= 0.6 is 0 Å². The molecule has 3 heteroatoms. The summed E-state index contributed by atoms with van der Waals surface area (Å²) in [7, 11) is 1.90. The van der Waals surface area contributed by atoms with Crippen LogP contribution in [0.5, 0.6) is 5.75 Å². The third-order valence-electron chi connectivity index (χ3n) is 2.41. The van der Waals surface area contributed by atoms with Crippen LogP contribution in [0.15, 0.2) is 30.8 Å². The molecule has 92 valence electrons. The summed E-state index contributed by atoms with van der Waals surface area (Å²) >= 11 is 0. The first-order valence-corrected chi connectivity index (χ1v) is 5.84. The van der Waals surface area contributed by atoms with Crippen molar-refractivity contribution in [1.82, 2.24) is 5.32 Å². The smallest absolute Gasteiger partial charge is 0.311 e. The molecule has 0 saturated heterocycles. The zero-order chi connectivity index (χ0) is 12.5. The van der Waals surface area contributed by atoms with Gasteiger partial charge in [0, 0.05) is 6.42 Å². The molecule has 0 aliphatic heterocycles. The molecule has 1 rings (SSSR count). The van der Waals surface area contributed by atoms with E-state index in [4.69, 9.17) is 4.74 Å². The molecule has 0 spiro atoms. The lowest BCUT2D eigenvalue weighted by molar-refractivity contribution is -0.134. The third-order valence-corrected chi connectivity index (χ3v) is 2.41. The van der Waals surface area contributed by atoms with E-state index in [0.29, 0.717) is 12.2 Å². The number of hydrogen-bond acceptors (Lipinski definition) is 3. The van der Waals surface area contributed by atoms with Crippen molar-refractivity contribution in [3.63, 3.8) is 0 Å². The first-order chi connectivity index (χ1) is 8.26. The van der Waals surface area contributed by atoms with Crippen molar-refractivity contribution >= 4 is 12.0 Å². The first kappa shape index (κ1) is 13.5. The van der Waals surface area contributed by atoms with Gasteiger partial charge >= 0.3 is 5.97 Å². The van der Waals surface area contributed by atoms with Crippen molar-refractivity contribution < 1.29 is 9.53 Å². The molecule has 0 bridgehead atoms. The van der Waals surface area contributed by atoms with Gasteiger partial charge in [0.25, 0.3) is 0 Å². The van der Waals surface area contributed by atoms with Crippen LogP contribution < -0.4 is 10.1 Å². The summed E-state index contributed by atoms with van der Waals surface area (Å²) < 4.78 is 5.20. The van der Waals surface area contributed by atoms with Crippen LogP contribution in [-0.2, 0) is 4.79 Å². The molecule has 17 heavy (non-hydrogen) atoms. The Labute approximate surface area is 102 Å². The molecule has 3 nitrogen and oxygen atoms in total. The average Bonchev–Trinajstić information content (AvgIpc) is 2.36. The number of hydrogen-bond donors (Lipinski definition) is 1. The number of rotatable bonds is 7. The van der Waals surface area contributed by atoms with E-state index in [-0.39, 0.29) is 5.97 Å². The molecule has 0 aromatic heterocycles. The molecule has 0 saturated carbocycles. The highest BCUT2D eigenvalue weighted by Gasteiger charge is 2.03. The molecule has 0 aliphatic rings. The molecule has 0 fully saturated rings. The second kappa shape index (κ2) is 7.63. The molecular formula is C14H19NO2. The fourth-order valence-electron chi connectivity index (χ4n) is 1.43. The van der Waals surface area contributed by atoms with E-state index in [1.165, 1.54) is 0 Å². The summed E-state index contributed by atoms with van der Waals surface area (Å²) in [6, 6.07) is 7.30. The summed E-state index contributed by atoms with van der Waals surface area (Å²) in [6.45, 7) is 4.60. The van der Waals surface area contributed by atoms with Gasteiger partial charge in [-0.25, -0.2) is 0 Å². The van der Waals surface area contributed by atoms with Gasteiger partial charge in [0.2, 0.25) is 0 Å². The molecule has 1 aromatic rings. The maximum Gasteiger partial charge on any atom is 0.311 e. The minimum absolute atomic E-state index is 0.174. The second-order valence-corrected chi connectivity index (χ2v) is 3.81. The lowest BCUT2D eigenvalue weighted by Crippen LogP contribution is -2.11. The van der Waals surface area contributed by atoms with Gasteiger partial charge in [0.15, 0.2) is 0 Å². The lowest BCUT2D eigenvalue weighted by Gasteiger charge is -2.04. The van der Waals surface area contributed by atoms with Crippen molar-refractivity contribution in [2.24, 2.45) is 0 Å². The van der Waals surface area contributed by atoms with Gasteiger partial charge in [0.05, 0.1) is 0 Å². The minimum Gasteiger partial charge on any atom is -0.427 e. The zero-order valence-electron chi connectivity index (χ0n) is 10.2. The molecule has 0 aliphatic carbocycles. The number of benzene rings is 1. The van der Waals surface area contributed by atoms with Crippen molar-refractivity contribution in [3.8, 4) is 5.75 Å². The molecule has 0 unspecified atom stereocenters. The van der Waals surface area contributed by atoms with Crippen molar-refractivity contribution in [2.75, 3.05) is 13.6 Å². The number of esters is 1. The SMILES string of the molecule is C=Cc1ccc(OC(=O)CCCCNC)cc1. The van der Waals surface area contributed by atoms with Gasteiger partial charge in [-0.3, -0.25) is 4.79 Å². The van der Waals surface area contributed by atoms with Gasteiger partial charge in [0.1, 0.15) is 5.75 Å². The van der Waals surface area contributed by atoms with Gasteiger partial charge in [-0.05, 0) is 44.1 Å². The molecular weight excluding hydrogens is 214 g/mol. The number of ether oxygens (including phenoxy) is 1. The Morgan fingerprint density at radius 2 is 2.06 bits per heavy atom. The van der Waals surface area contributed by atoms with Crippen LogP contribution in [0.4, 0.5) is 0 Å². The van der Waals surface area contributed by atoms with Crippen molar-refractivity contribution in [3.05, 3.63) is 36.4 Å². The van der Waals surface area contributed by atoms with E-state index < -0.39 is 0 Å². The summed E-state index contributed by atoms with van der Waals surface area (Å²) in [6.07, 6.45) is 4.06. The molecule has 1 aromatic carbocycles. The van der Waals surface area contributed by atoms with Crippen LogP contribution in [0.3, 0.4) is 0 Å². The molecule has 0 radical (unpaired) electrons. The largest absolute Gasteiger partial charge is 0.427 e. The molecule has 0 atom stereocenters. The normalized spacial score (nSPS) is 9.94. The Hall–Kier alpha value is -1.61. The third kappa shape index (κ3) is 5.31. The fraction of sp³-hybridized carbons (Fsp3) is 0.357. The number of carbonyl (C=O) groups excluding carboxylic acids is 1. The highest BCUT2D eigenvalue weighted by atomic mass is 16.5. The van der Waals surface area contributed by atoms with E-state index in [2.05, 4.69) is 11.9 Å². The van der Waals surface area contributed by atoms with Gasteiger partial charge in [-0.15, -0.1) is 0 Å². The van der Waals surface area contributed by atoms with Crippen molar-refractivity contribution in [1.29, 1.82) is 0 Å². The van der Waals surface area contributed by atoms with Crippen LogP contribution in [0.25, 0.3) is 6.08 Å². The highest BCUT2D eigenvalue weighted by molar-refractivity contribution is 5.72. The van der Waals surface area contributed by atoms with Crippen LogP contribution in [-0.4, -0.2) is 19.6 Å². The predicted octanol–water partition coefficient (Wildman–Crippen LogP) is 2.62. The van der Waals surface area contributed by atoms with Gasteiger partial charge in [-0.1, -0.05) is 24.8 Å². The average molecular weight is 233 g/mol. The molecule has 0 heterocycles. The molecule has 0 amide bonds. The van der Waals surface area contributed by atoms with E-state index in [0.717, 1.165) is 24.9 Å². The Kier molecular flexibility index (Phi) is 6.04. The fourth-order valence-corrected chi connectivity index (χ4v) is 1.43. The van der Waals surface area contributed by atoms with Crippen LogP contribution in [0.2, 0.25) is 0 Å². The first-order valence-electron chi connectivity index (χ1n) is 5.84. The van der Waals surface area contributed by atoms with Crippen molar-refractivity contribution in [2.45, 2.75) is 19.3 Å². The standard InChI is InChI=1S/C14H19NO2/c1-3-12-7-9-13(10-8-12)17-14(16)6-4-5-11-15-2/h3,7-10,15H,1,4-6,11H2,2H3. The summed E-state index contributed by atoms with van der Waals surface area (Å²) in [5, 5.41) is 3.04. The Morgan fingerprint density at radius 1 is 1.35 bits per heavy atom. The van der Waals surface area contributed by atoms with E-state index >= 15 is 0 Å².